The number of carbonyl (C=O) groups excluding carboxylic acids is 1. The lowest BCUT2D eigenvalue weighted by Crippen LogP contribution is -2.52. The Morgan fingerprint density at radius 1 is 1.35 bits per heavy atom. The molecule has 0 unspecified atom stereocenters. The summed E-state index contributed by atoms with van der Waals surface area (Å²) in [4.78, 5) is 11.8. The molecule has 1 aliphatic rings. The Kier molecular flexibility index (Phi) is 5.38. The molecule has 0 aliphatic heterocycles. The molecule has 110 valence electrons. The number of methoxy groups -OCH3 is 1. The minimum atomic E-state index is -0.658. The van der Waals surface area contributed by atoms with Gasteiger partial charge in [-0.1, -0.05) is 18.2 Å². The van der Waals surface area contributed by atoms with Gasteiger partial charge in [0.15, 0.2) is 6.61 Å². The zero-order valence-electron chi connectivity index (χ0n) is 11.6. The van der Waals surface area contributed by atoms with Gasteiger partial charge < -0.3 is 19.9 Å². The maximum Gasteiger partial charge on any atom is 0.258 e. The fourth-order valence-corrected chi connectivity index (χ4v) is 2.47. The third kappa shape index (κ3) is 3.95. The van der Waals surface area contributed by atoms with Crippen molar-refractivity contribution in [3.63, 3.8) is 0 Å². The van der Waals surface area contributed by atoms with Gasteiger partial charge in [0.05, 0.1) is 12.1 Å². The third-order valence-corrected chi connectivity index (χ3v) is 3.56. The van der Waals surface area contributed by atoms with E-state index in [4.69, 9.17) is 9.47 Å². The molecule has 0 heterocycles. The lowest BCUT2D eigenvalue weighted by molar-refractivity contribution is -0.126. The molecule has 1 aromatic carbocycles. The summed E-state index contributed by atoms with van der Waals surface area (Å²) < 4.78 is 10.6. The van der Waals surface area contributed by atoms with Crippen LogP contribution in [0, 0.1) is 0 Å². The number of para-hydroxylation sites is 1. The normalized spacial score (nSPS) is 26.0. The zero-order valence-corrected chi connectivity index (χ0v) is 11.6. The van der Waals surface area contributed by atoms with E-state index in [9.17, 15) is 9.90 Å². The average molecular weight is 279 g/mol. The minimum Gasteiger partial charge on any atom is -0.484 e. The van der Waals surface area contributed by atoms with Crippen LogP contribution in [0.2, 0.25) is 0 Å². The third-order valence-electron chi connectivity index (χ3n) is 3.56. The van der Waals surface area contributed by atoms with Crippen molar-refractivity contribution in [2.75, 3.05) is 13.7 Å². The quantitative estimate of drug-likeness (QED) is 0.847. The van der Waals surface area contributed by atoms with Crippen molar-refractivity contribution >= 4 is 5.91 Å². The summed E-state index contributed by atoms with van der Waals surface area (Å²) in [5.74, 6) is 0.427. The molecule has 5 heteroatoms. The monoisotopic (exact) mass is 279 g/mol. The van der Waals surface area contributed by atoms with Gasteiger partial charge in [0, 0.05) is 7.11 Å². The van der Waals surface area contributed by atoms with E-state index in [-0.39, 0.29) is 24.7 Å². The van der Waals surface area contributed by atoms with E-state index < -0.39 is 6.10 Å². The number of amides is 1. The second kappa shape index (κ2) is 7.26. The van der Waals surface area contributed by atoms with E-state index in [1.54, 1.807) is 19.2 Å². The maximum atomic E-state index is 11.8. The fraction of sp³-hybridized carbons (Fsp3) is 0.533. The van der Waals surface area contributed by atoms with Gasteiger partial charge >= 0.3 is 0 Å². The number of aliphatic hydroxyl groups is 1. The molecule has 1 amide bonds. The Bertz CT molecular complexity index is 423. The number of rotatable bonds is 5. The van der Waals surface area contributed by atoms with Gasteiger partial charge in [-0.05, 0) is 31.4 Å². The molecule has 0 bridgehead atoms. The van der Waals surface area contributed by atoms with Crippen LogP contribution in [0.3, 0.4) is 0 Å². The van der Waals surface area contributed by atoms with Crippen LogP contribution >= 0.6 is 0 Å². The highest BCUT2D eigenvalue weighted by Crippen LogP contribution is 2.21. The molecule has 20 heavy (non-hydrogen) atoms. The molecule has 1 saturated carbocycles. The number of benzene rings is 1. The largest absolute Gasteiger partial charge is 0.484 e. The summed E-state index contributed by atoms with van der Waals surface area (Å²) in [6.07, 6.45) is 1.65. The van der Waals surface area contributed by atoms with Crippen molar-refractivity contribution in [2.45, 2.75) is 37.5 Å². The van der Waals surface area contributed by atoms with Crippen LogP contribution in [-0.4, -0.2) is 43.0 Å². The van der Waals surface area contributed by atoms with Gasteiger partial charge in [-0.3, -0.25) is 4.79 Å². The highest BCUT2D eigenvalue weighted by Gasteiger charge is 2.32. The number of nitrogens with one attached hydrogen (secondary N) is 1. The van der Waals surface area contributed by atoms with Gasteiger partial charge in [0.2, 0.25) is 0 Å². The Morgan fingerprint density at radius 3 is 2.80 bits per heavy atom. The first-order valence-electron chi connectivity index (χ1n) is 6.89. The Balaban J connectivity index is 1.79. The predicted molar refractivity (Wildman–Crippen MR) is 74.5 cm³/mol. The molecule has 3 atom stereocenters. The number of carbonyl (C=O) groups is 1. The minimum absolute atomic E-state index is 0.0507. The van der Waals surface area contributed by atoms with Crippen LogP contribution in [0.15, 0.2) is 30.3 Å². The highest BCUT2D eigenvalue weighted by molar-refractivity contribution is 5.77. The maximum absolute atomic E-state index is 11.8. The molecule has 1 aliphatic carbocycles. The van der Waals surface area contributed by atoms with Gasteiger partial charge in [0.1, 0.15) is 11.9 Å². The van der Waals surface area contributed by atoms with Crippen LogP contribution in [0.1, 0.15) is 19.3 Å². The molecule has 0 saturated heterocycles. The molecule has 2 rings (SSSR count). The predicted octanol–water partition coefficient (Wildman–Crippen LogP) is 1.11. The summed E-state index contributed by atoms with van der Waals surface area (Å²) in [7, 11) is 1.58. The summed E-state index contributed by atoms with van der Waals surface area (Å²) >= 11 is 0. The smallest absolute Gasteiger partial charge is 0.258 e. The first kappa shape index (κ1) is 14.8. The van der Waals surface area contributed by atoms with Crippen LogP contribution < -0.4 is 10.1 Å². The van der Waals surface area contributed by atoms with Crippen molar-refractivity contribution in [1.29, 1.82) is 0 Å². The molecule has 2 N–H and O–H groups in total. The van der Waals surface area contributed by atoms with Crippen LogP contribution in [0.4, 0.5) is 0 Å². The van der Waals surface area contributed by atoms with Crippen molar-refractivity contribution in [1.82, 2.24) is 5.32 Å². The number of hydrogen-bond donors (Lipinski definition) is 2. The lowest BCUT2D eigenvalue weighted by atomic mass is 9.90. The van der Waals surface area contributed by atoms with E-state index in [0.29, 0.717) is 5.75 Å². The van der Waals surface area contributed by atoms with Gasteiger partial charge in [-0.2, -0.15) is 0 Å². The van der Waals surface area contributed by atoms with Crippen LogP contribution in [0.5, 0.6) is 5.75 Å². The summed E-state index contributed by atoms with van der Waals surface area (Å²) in [6, 6.07) is 8.91. The topological polar surface area (TPSA) is 67.8 Å². The van der Waals surface area contributed by atoms with Crippen LogP contribution in [-0.2, 0) is 9.53 Å². The van der Waals surface area contributed by atoms with Gasteiger partial charge in [-0.15, -0.1) is 0 Å². The second-order valence-corrected chi connectivity index (χ2v) is 4.97. The average Bonchev–Trinajstić information content (AvgIpc) is 2.48. The summed E-state index contributed by atoms with van der Waals surface area (Å²) in [5, 5.41) is 12.9. The van der Waals surface area contributed by atoms with E-state index in [1.807, 2.05) is 18.2 Å². The highest BCUT2D eigenvalue weighted by atomic mass is 16.5. The van der Waals surface area contributed by atoms with E-state index in [2.05, 4.69) is 5.32 Å². The van der Waals surface area contributed by atoms with Crippen molar-refractivity contribution < 1.29 is 19.4 Å². The molecular weight excluding hydrogens is 258 g/mol. The molecular formula is C15H21NO4. The molecule has 0 aromatic heterocycles. The Labute approximate surface area is 118 Å². The van der Waals surface area contributed by atoms with Gasteiger partial charge in [-0.25, -0.2) is 0 Å². The van der Waals surface area contributed by atoms with Crippen molar-refractivity contribution in [2.24, 2.45) is 0 Å². The number of aliphatic hydroxyl groups excluding tert-OH is 1. The summed E-state index contributed by atoms with van der Waals surface area (Å²) in [5.41, 5.74) is 0. The molecule has 1 fully saturated rings. The van der Waals surface area contributed by atoms with E-state index >= 15 is 0 Å². The lowest BCUT2D eigenvalue weighted by Gasteiger charge is -2.34. The zero-order chi connectivity index (χ0) is 14.4. The Hall–Kier alpha value is -1.59. The molecule has 0 spiro atoms. The van der Waals surface area contributed by atoms with Gasteiger partial charge in [0.25, 0.3) is 5.91 Å². The Morgan fingerprint density at radius 2 is 2.10 bits per heavy atom. The van der Waals surface area contributed by atoms with Crippen molar-refractivity contribution in [3.8, 4) is 5.75 Å². The van der Waals surface area contributed by atoms with E-state index in [0.717, 1.165) is 19.3 Å². The molecule has 5 nitrogen and oxygen atoms in total. The standard InChI is InChI=1S/C15H21NO4/c1-19-13-9-5-8-12(15(13)18)16-14(17)10-20-11-6-3-2-4-7-11/h2-4,6-7,12-13,15,18H,5,8-10H2,1H3,(H,16,17)/t12-,13-,15-/m1/s1. The second-order valence-electron chi connectivity index (χ2n) is 4.97. The summed E-state index contributed by atoms with van der Waals surface area (Å²) in [6.45, 7) is -0.0507. The fourth-order valence-electron chi connectivity index (χ4n) is 2.47. The SMILES string of the molecule is CO[C@@H]1CCC[C@@H](NC(=O)COc2ccccc2)[C@H]1O. The molecule has 1 aromatic rings. The number of hydrogen-bond acceptors (Lipinski definition) is 4. The molecule has 0 radical (unpaired) electrons. The first-order valence-corrected chi connectivity index (χ1v) is 6.89. The van der Waals surface area contributed by atoms with Crippen LogP contribution in [0.25, 0.3) is 0 Å². The van der Waals surface area contributed by atoms with Crippen molar-refractivity contribution in [3.05, 3.63) is 30.3 Å². The van der Waals surface area contributed by atoms with E-state index in [1.165, 1.54) is 0 Å². The first-order chi connectivity index (χ1) is 9.70. The number of ether oxygens (including phenoxy) is 2.